The molecule has 1 heterocycles. The van der Waals surface area contributed by atoms with Gasteiger partial charge in [0.15, 0.2) is 6.29 Å². The average molecular weight is 384 g/mol. The molecule has 0 radical (unpaired) electrons. The van der Waals surface area contributed by atoms with Gasteiger partial charge in [-0.05, 0) is 11.8 Å². The van der Waals surface area contributed by atoms with Gasteiger partial charge in [-0.2, -0.15) is 0 Å². The Morgan fingerprint density at radius 1 is 0.923 bits per heavy atom. The summed E-state index contributed by atoms with van der Waals surface area (Å²) in [5.41, 5.74) is -0.399. The van der Waals surface area contributed by atoms with Gasteiger partial charge in [-0.1, -0.05) is 20.8 Å². The second kappa shape index (κ2) is 9.69. The molecule has 1 fully saturated rings. The average Bonchev–Trinajstić information content (AvgIpc) is 2.58. The van der Waals surface area contributed by atoms with Crippen molar-refractivity contribution in [2.24, 2.45) is 5.41 Å². The smallest absolute Gasteiger partial charge is 0.187 e. The zero-order chi connectivity index (χ0) is 20.2. The van der Waals surface area contributed by atoms with E-state index < -0.39 is 73.8 Å². The summed E-state index contributed by atoms with van der Waals surface area (Å²) in [5.74, 6) is 0. The second-order valence-electron chi connectivity index (χ2n) is 7.87. The molecule has 9 atom stereocenters. The van der Waals surface area contributed by atoms with E-state index in [9.17, 15) is 35.7 Å². The quantitative estimate of drug-likeness (QED) is 0.211. The minimum atomic E-state index is -1.72. The van der Waals surface area contributed by atoms with Crippen molar-refractivity contribution in [2.45, 2.75) is 82.3 Å². The summed E-state index contributed by atoms with van der Waals surface area (Å²) in [6.07, 6.45) is -13.5. The number of aliphatic hydroxyl groups is 8. The lowest BCUT2D eigenvalue weighted by Gasteiger charge is -2.42. The Hall–Kier alpha value is -0.400. The van der Waals surface area contributed by atoms with E-state index in [0.717, 1.165) is 0 Å². The van der Waals surface area contributed by atoms with Crippen LogP contribution in [0.15, 0.2) is 0 Å². The van der Waals surface area contributed by atoms with E-state index in [0.29, 0.717) is 0 Å². The maximum absolute atomic E-state index is 10.4. The maximum atomic E-state index is 10.4. The molecule has 0 aromatic rings. The lowest BCUT2D eigenvalue weighted by Crippen LogP contribution is -2.60. The van der Waals surface area contributed by atoms with Gasteiger partial charge in [0.2, 0.25) is 0 Å². The van der Waals surface area contributed by atoms with Crippen molar-refractivity contribution < 1.29 is 50.3 Å². The van der Waals surface area contributed by atoms with Gasteiger partial charge < -0.3 is 50.3 Å². The van der Waals surface area contributed by atoms with E-state index in [1.165, 1.54) is 0 Å². The van der Waals surface area contributed by atoms with E-state index in [2.05, 4.69) is 0 Å². The number of hydrogen-bond acceptors (Lipinski definition) is 10. The molecule has 0 aromatic carbocycles. The molecule has 10 nitrogen and oxygen atoms in total. The Morgan fingerprint density at radius 3 is 1.96 bits per heavy atom. The first-order valence-electron chi connectivity index (χ1n) is 8.54. The van der Waals surface area contributed by atoms with Crippen LogP contribution in [-0.4, -0.2) is 109 Å². The lowest BCUT2D eigenvalue weighted by molar-refractivity contribution is -0.322. The molecule has 0 aromatic heterocycles. The lowest BCUT2D eigenvalue weighted by atomic mass is 9.85. The first kappa shape index (κ1) is 23.6. The Kier molecular flexibility index (Phi) is 8.81. The van der Waals surface area contributed by atoms with Crippen LogP contribution in [-0.2, 0) is 9.47 Å². The van der Waals surface area contributed by atoms with Gasteiger partial charge in [0, 0.05) is 0 Å². The summed E-state index contributed by atoms with van der Waals surface area (Å²) in [7, 11) is 0. The van der Waals surface area contributed by atoms with Crippen LogP contribution >= 0.6 is 0 Å². The molecule has 156 valence electrons. The molecule has 0 spiro atoms. The fourth-order valence-corrected chi connectivity index (χ4v) is 2.76. The molecular formula is C16H32O10. The van der Waals surface area contributed by atoms with Crippen LogP contribution in [0.25, 0.3) is 0 Å². The predicted molar refractivity (Wildman–Crippen MR) is 87.8 cm³/mol. The molecular weight excluding hydrogens is 352 g/mol. The van der Waals surface area contributed by atoms with Crippen LogP contribution in [0, 0.1) is 5.41 Å². The number of hydrogen-bond donors (Lipinski definition) is 8. The molecule has 0 bridgehead atoms. The van der Waals surface area contributed by atoms with Crippen molar-refractivity contribution in [3.63, 3.8) is 0 Å². The Morgan fingerprint density at radius 2 is 1.50 bits per heavy atom. The third-order valence-electron chi connectivity index (χ3n) is 4.28. The summed E-state index contributed by atoms with van der Waals surface area (Å²) in [6, 6.07) is 0. The molecule has 1 aliphatic rings. The van der Waals surface area contributed by atoms with Gasteiger partial charge in [-0.25, -0.2) is 0 Å². The molecule has 0 unspecified atom stereocenters. The second-order valence-corrected chi connectivity index (χ2v) is 7.87. The molecule has 1 saturated heterocycles. The standard InChI is InChI=1S/C16H32O10/c1-16(2,3)4-8(11(21)10(20)7(19)5-17)25-15-14(24)13(23)12(22)9(6-18)26-15/h7-15,17-24H,4-6H2,1-3H3/t7-,8-,9-,10-,11-,12-,13+,14-,15+/m1/s1. The largest absolute Gasteiger partial charge is 0.394 e. The summed E-state index contributed by atoms with van der Waals surface area (Å²) >= 11 is 0. The highest BCUT2D eigenvalue weighted by Crippen LogP contribution is 2.30. The number of aliphatic hydroxyl groups excluding tert-OH is 8. The van der Waals surface area contributed by atoms with Crippen molar-refractivity contribution in [1.82, 2.24) is 0 Å². The summed E-state index contributed by atoms with van der Waals surface area (Å²) in [6.45, 7) is 4.08. The van der Waals surface area contributed by atoms with Gasteiger partial charge in [0.25, 0.3) is 0 Å². The fourth-order valence-electron chi connectivity index (χ4n) is 2.76. The minimum absolute atomic E-state index is 0.165. The van der Waals surface area contributed by atoms with E-state index in [4.69, 9.17) is 14.6 Å². The SMILES string of the molecule is CC(C)(C)C[C@@H](O[C@H]1O[C@H](CO)[C@@H](O)[C@H](O)[C@H]1O)[C@@H](O)[C@H](O)[C@H](O)CO. The maximum Gasteiger partial charge on any atom is 0.187 e. The van der Waals surface area contributed by atoms with E-state index in [1.54, 1.807) is 0 Å². The summed E-state index contributed by atoms with van der Waals surface area (Å²) < 4.78 is 10.8. The van der Waals surface area contributed by atoms with Crippen molar-refractivity contribution in [3.05, 3.63) is 0 Å². The Bertz CT molecular complexity index is 412. The van der Waals surface area contributed by atoms with Gasteiger partial charge in [0.1, 0.15) is 42.7 Å². The van der Waals surface area contributed by atoms with E-state index in [1.807, 2.05) is 20.8 Å². The number of ether oxygens (including phenoxy) is 2. The minimum Gasteiger partial charge on any atom is -0.394 e. The molecule has 1 aliphatic heterocycles. The van der Waals surface area contributed by atoms with Gasteiger partial charge in [0.05, 0.1) is 19.3 Å². The molecule has 0 amide bonds. The van der Waals surface area contributed by atoms with E-state index in [-0.39, 0.29) is 6.42 Å². The first-order valence-corrected chi connectivity index (χ1v) is 8.54. The molecule has 0 aliphatic carbocycles. The van der Waals surface area contributed by atoms with Crippen molar-refractivity contribution in [1.29, 1.82) is 0 Å². The van der Waals surface area contributed by atoms with Crippen LogP contribution in [0.4, 0.5) is 0 Å². The van der Waals surface area contributed by atoms with Crippen molar-refractivity contribution in [3.8, 4) is 0 Å². The summed E-state index contributed by atoms with van der Waals surface area (Å²) in [4.78, 5) is 0. The van der Waals surface area contributed by atoms with Gasteiger partial charge in [-0.15, -0.1) is 0 Å². The predicted octanol–water partition coefficient (Wildman–Crippen LogP) is -3.32. The zero-order valence-electron chi connectivity index (χ0n) is 15.2. The summed E-state index contributed by atoms with van der Waals surface area (Å²) in [5, 5.41) is 77.7. The van der Waals surface area contributed by atoms with Crippen LogP contribution < -0.4 is 0 Å². The van der Waals surface area contributed by atoms with Crippen LogP contribution in [0.5, 0.6) is 0 Å². The molecule has 1 rings (SSSR count). The third kappa shape index (κ3) is 6.06. The highest BCUT2D eigenvalue weighted by atomic mass is 16.7. The van der Waals surface area contributed by atoms with Crippen molar-refractivity contribution in [2.75, 3.05) is 13.2 Å². The Labute approximate surface area is 152 Å². The van der Waals surface area contributed by atoms with E-state index >= 15 is 0 Å². The fraction of sp³-hybridized carbons (Fsp3) is 1.00. The molecule has 0 saturated carbocycles. The highest BCUT2D eigenvalue weighted by molar-refractivity contribution is 4.91. The first-order chi connectivity index (χ1) is 11.9. The van der Waals surface area contributed by atoms with Crippen LogP contribution in [0.1, 0.15) is 27.2 Å². The molecule has 10 heteroatoms. The topological polar surface area (TPSA) is 180 Å². The molecule has 26 heavy (non-hydrogen) atoms. The normalized spacial score (nSPS) is 35.0. The zero-order valence-corrected chi connectivity index (χ0v) is 15.2. The van der Waals surface area contributed by atoms with Crippen molar-refractivity contribution >= 4 is 0 Å². The van der Waals surface area contributed by atoms with Gasteiger partial charge in [-0.3, -0.25) is 0 Å². The van der Waals surface area contributed by atoms with Crippen LogP contribution in [0.2, 0.25) is 0 Å². The number of rotatable bonds is 8. The highest BCUT2D eigenvalue weighted by Gasteiger charge is 2.46. The molecule has 8 N–H and O–H groups in total. The Balaban J connectivity index is 2.97. The van der Waals surface area contributed by atoms with Gasteiger partial charge >= 0.3 is 0 Å². The van der Waals surface area contributed by atoms with Crippen LogP contribution in [0.3, 0.4) is 0 Å². The third-order valence-corrected chi connectivity index (χ3v) is 4.28. The monoisotopic (exact) mass is 384 g/mol.